The van der Waals surface area contributed by atoms with Crippen molar-refractivity contribution in [1.82, 2.24) is 9.62 Å². The predicted octanol–water partition coefficient (Wildman–Crippen LogP) is 2.20. The molecule has 1 atom stereocenters. The van der Waals surface area contributed by atoms with Gasteiger partial charge in [-0.05, 0) is 43.9 Å². The molecule has 1 saturated heterocycles. The third kappa shape index (κ3) is 5.42. The molecule has 0 radical (unpaired) electrons. The lowest BCUT2D eigenvalue weighted by Crippen LogP contribution is -2.53. The Hall–Kier alpha value is -2.91. The first kappa shape index (κ1) is 24.2. The number of hydrogen-bond donors (Lipinski definition) is 1. The second kappa shape index (κ2) is 10.6. The number of carbonyl (C=O) groups is 2. The van der Waals surface area contributed by atoms with Crippen LogP contribution in [0.2, 0.25) is 0 Å². The summed E-state index contributed by atoms with van der Waals surface area (Å²) in [7, 11) is -3.26. The number of hydrogen-bond acceptors (Lipinski definition) is 5. The Kier molecular flexibility index (Phi) is 7.53. The highest BCUT2D eigenvalue weighted by atomic mass is 32.2. The number of piperidine rings is 1. The molecular formula is C25H31N3O5S. The highest BCUT2D eigenvalue weighted by molar-refractivity contribution is 7.89. The molecule has 8 nitrogen and oxygen atoms in total. The maximum atomic E-state index is 13.5. The highest BCUT2D eigenvalue weighted by Gasteiger charge is 2.38. The number of para-hydroxylation sites is 2. The molecular weight excluding hydrogens is 454 g/mol. The molecule has 0 aliphatic carbocycles. The van der Waals surface area contributed by atoms with Crippen LogP contribution in [-0.4, -0.2) is 62.6 Å². The average Bonchev–Trinajstić information content (AvgIpc) is 2.88. The van der Waals surface area contributed by atoms with Crippen LogP contribution in [0.3, 0.4) is 0 Å². The molecule has 0 spiro atoms. The van der Waals surface area contributed by atoms with Gasteiger partial charge in [0.2, 0.25) is 15.9 Å². The van der Waals surface area contributed by atoms with Crippen LogP contribution < -0.4 is 15.0 Å². The zero-order chi connectivity index (χ0) is 24.1. The van der Waals surface area contributed by atoms with Gasteiger partial charge in [0.05, 0.1) is 18.0 Å². The van der Waals surface area contributed by atoms with Gasteiger partial charge in [0.25, 0.3) is 5.91 Å². The molecule has 2 amide bonds. The van der Waals surface area contributed by atoms with Crippen molar-refractivity contribution in [2.24, 2.45) is 5.92 Å². The van der Waals surface area contributed by atoms with Gasteiger partial charge in [-0.1, -0.05) is 42.5 Å². The Morgan fingerprint density at radius 3 is 2.41 bits per heavy atom. The Bertz CT molecular complexity index is 1110. The molecule has 0 saturated carbocycles. The largest absolute Gasteiger partial charge is 0.477 e. The monoisotopic (exact) mass is 485 g/mol. The molecule has 2 heterocycles. The van der Waals surface area contributed by atoms with Crippen LogP contribution >= 0.6 is 0 Å². The molecule has 0 unspecified atom stereocenters. The summed E-state index contributed by atoms with van der Waals surface area (Å²) >= 11 is 0. The Balaban J connectivity index is 1.41. The smallest absolute Gasteiger partial charge is 0.262 e. The number of ether oxygens (including phenoxy) is 1. The number of nitrogens with zero attached hydrogens (tertiary/aromatic N) is 2. The molecule has 0 aromatic heterocycles. The molecule has 1 fully saturated rings. The van der Waals surface area contributed by atoms with Crippen molar-refractivity contribution in [3.8, 4) is 5.75 Å². The summed E-state index contributed by atoms with van der Waals surface area (Å²) in [5, 5.41) is 2.92. The van der Waals surface area contributed by atoms with E-state index in [2.05, 4.69) is 5.32 Å². The van der Waals surface area contributed by atoms with Crippen LogP contribution in [0.15, 0.2) is 54.6 Å². The minimum atomic E-state index is -3.26. The van der Waals surface area contributed by atoms with Crippen molar-refractivity contribution < 1.29 is 22.7 Å². The first-order valence-electron chi connectivity index (χ1n) is 11.8. The van der Waals surface area contributed by atoms with Crippen molar-refractivity contribution >= 4 is 27.5 Å². The number of carbonyl (C=O) groups excluding carboxylic acids is 2. The van der Waals surface area contributed by atoms with Gasteiger partial charge in [-0.15, -0.1) is 0 Å². The summed E-state index contributed by atoms with van der Waals surface area (Å²) in [6, 6.07) is 17.1. The number of fused-ring (bicyclic) bond motifs is 1. The fourth-order valence-corrected chi connectivity index (χ4v) is 5.58. The highest BCUT2D eigenvalue weighted by Crippen LogP contribution is 2.35. The third-order valence-corrected chi connectivity index (χ3v) is 8.33. The zero-order valence-corrected chi connectivity index (χ0v) is 20.2. The van der Waals surface area contributed by atoms with Crippen molar-refractivity contribution in [2.45, 2.75) is 32.3 Å². The summed E-state index contributed by atoms with van der Waals surface area (Å²) in [5.41, 5.74) is 1.77. The first-order chi connectivity index (χ1) is 16.4. The standard InChI is InChI=1S/C25H31N3O5S/c1-2-34(31,32)27-16-13-20(14-17-27)25(30)28-18-23(33-22-11-7-6-10-21(22)28)24(29)26-15-12-19-8-4-3-5-9-19/h3-11,20,23H,2,12-18H2,1H3,(H,26,29)/t23-/m0/s1. The Morgan fingerprint density at radius 1 is 1.03 bits per heavy atom. The van der Waals surface area contributed by atoms with E-state index < -0.39 is 16.1 Å². The van der Waals surface area contributed by atoms with Gasteiger partial charge in [-0.2, -0.15) is 0 Å². The molecule has 0 bridgehead atoms. The van der Waals surface area contributed by atoms with Crippen LogP contribution in [-0.2, 0) is 26.0 Å². The maximum Gasteiger partial charge on any atom is 0.262 e. The van der Waals surface area contributed by atoms with E-state index in [1.165, 1.54) is 4.31 Å². The predicted molar refractivity (Wildman–Crippen MR) is 130 cm³/mol. The summed E-state index contributed by atoms with van der Waals surface area (Å²) in [4.78, 5) is 28.0. The number of rotatable bonds is 7. The number of nitrogens with one attached hydrogen (secondary N) is 1. The van der Waals surface area contributed by atoms with Crippen molar-refractivity contribution in [3.05, 3.63) is 60.2 Å². The van der Waals surface area contributed by atoms with E-state index in [4.69, 9.17) is 4.74 Å². The number of anilines is 1. The van der Waals surface area contributed by atoms with E-state index in [1.807, 2.05) is 48.5 Å². The molecule has 1 N–H and O–H groups in total. The maximum absolute atomic E-state index is 13.5. The van der Waals surface area contributed by atoms with Crippen LogP contribution in [0.1, 0.15) is 25.3 Å². The fraction of sp³-hybridized carbons (Fsp3) is 0.440. The van der Waals surface area contributed by atoms with E-state index in [0.29, 0.717) is 50.3 Å². The Morgan fingerprint density at radius 2 is 1.71 bits per heavy atom. The lowest BCUT2D eigenvalue weighted by Gasteiger charge is -2.38. The number of amides is 2. The molecule has 34 heavy (non-hydrogen) atoms. The molecule has 2 aliphatic heterocycles. The third-order valence-electron chi connectivity index (χ3n) is 6.45. The summed E-state index contributed by atoms with van der Waals surface area (Å²) in [5.74, 6) is -0.0881. The molecule has 9 heteroatoms. The SMILES string of the molecule is CCS(=O)(=O)N1CCC(C(=O)N2C[C@@H](C(=O)NCCc3ccccc3)Oc3ccccc32)CC1. The fourth-order valence-electron chi connectivity index (χ4n) is 4.45. The Labute approximate surface area is 200 Å². The minimum Gasteiger partial charge on any atom is -0.477 e. The zero-order valence-electron chi connectivity index (χ0n) is 19.4. The van der Waals surface area contributed by atoms with Crippen LogP contribution in [0.5, 0.6) is 5.75 Å². The second-order valence-electron chi connectivity index (χ2n) is 8.62. The first-order valence-corrected chi connectivity index (χ1v) is 13.4. The topological polar surface area (TPSA) is 96.0 Å². The summed E-state index contributed by atoms with van der Waals surface area (Å²) in [6.07, 6.45) is 0.824. The van der Waals surface area contributed by atoms with Crippen LogP contribution in [0, 0.1) is 5.92 Å². The summed E-state index contributed by atoms with van der Waals surface area (Å²) < 4.78 is 31.7. The van der Waals surface area contributed by atoms with Gasteiger partial charge in [-0.3, -0.25) is 9.59 Å². The van der Waals surface area contributed by atoms with Gasteiger partial charge in [0, 0.05) is 25.6 Å². The van der Waals surface area contributed by atoms with Gasteiger partial charge in [0.15, 0.2) is 6.10 Å². The van der Waals surface area contributed by atoms with E-state index in [1.54, 1.807) is 17.9 Å². The van der Waals surface area contributed by atoms with Crippen molar-refractivity contribution in [3.63, 3.8) is 0 Å². The van der Waals surface area contributed by atoms with E-state index in [-0.39, 0.29) is 30.0 Å². The minimum absolute atomic E-state index is 0.0590. The van der Waals surface area contributed by atoms with Crippen LogP contribution in [0.25, 0.3) is 0 Å². The van der Waals surface area contributed by atoms with E-state index >= 15 is 0 Å². The molecule has 2 aliphatic rings. The number of sulfonamides is 1. The van der Waals surface area contributed by atoms with Crippen molar-refractivity contribution in [2.75, 3.05) is 36.8 Å². The quantitative estimate of drug-likeness (QED) is 0.649. The number of benzene rings is 2. The molecule has 4 rings (SSSR count). The van der Waals surface area contributed by atoms with Gasteiger partial charge >= 0.3 is 0 Å². The van der Waals surface area contributed by atoms with Crippen molar-refractivity contribution in [1.29, 1.82) is 0 Å². The van der Waals surface area contributed by atoms with E-state index in [9.17, 15) is 18.0 Å². The normalized spacial score (nSPS) is 19.2. The van der Waals surface area contributed by atoms with Gasteiger partial charge in [-0.25, -0.2) is 12.7 Å². The van der Waals surface area contributed by atoms with E-state index in [0.717, 1.165) is 5.56 Å². The molecule has 182 valence electrons. The van der Waals surface area contributed by atoms with Gasteiger partial charge < -0.3 is 15.0 Å². The molecule has 2 aromatic carbocycles. The average molecular weight is 486 g/mol. The molecule has 2 aromatic rings. The second-order valence-corrected chi connectivity index (χ2v) is 10.9. The lowest BCUT2D eigenvalue weighted by molar-refractivity contribution is -0.129. The summed E-state index contributed by atoms with van der Waals surface area (Å²) in [6.45, 7) is 2.90. The lowest BCUT2D eigenvalue weighted by atomic mass is 9.95. The van der Waals surface area contributed by atoms with Gasteiger partial charge in [0.1, 0.15) is 5.75 Å². The van der Waals surface area contributed by atoms with Crippen LogP contribution in [0.4, 0.5) is 5.69 Å².